The summed E-state index contributed by atoms with van der Waals surface area (Å²) in [5.41, 5.74) is 2.10. The summed E-state index contributed by atoms with van der Waals surface area (Å²) in [6.07, 6.45) is 0. The number of aromatic hydroxyl groups is 1. The van der Waals surface area contributed by atoms with Crippen LogP contribution in [0.3, 0.4) is 0 Å². The first kappa shape index (κ1) is 18.9. The summed E-state index contributed by atoms with van der Waals surface area (Å²) < 4.78 is 5.36. The molecule has 0 amide bonds. The van der Waals surface area contributed by atoms with Crippen LogP contribution in [0.1, 0.15) is 17.2 Å². The summed E-state index contributed by atoms with van der Waals surface area (Å²) in [6.45, 7) is 3.40. The number of hydrogen-bond acceptors (Lipinski definition) is 4. The van der Waals surface area contributed by atoms with Gasteiger partial charge in [-0.05, 0) is 17.7 Å². The standard InChI is InChI=1S/C18H21ClN2O2.ClH/c1-23-18-13(5-4-8-17(18)22)12-21-10-9-20-11-16(21)14-6-2-3-7-15(14)19;/h2-8,16,20,22H,9-12H2,1H3;1H. The molecular formula is C18H22Cl2N2O2. The Morgan fingerprint density at radius 3 is 2.79 bits per heavy atom. The molecule has 2 aromatic carbocycles. The number of methoxy groups -OCH3 is 1. The number of nitrogens with one attached hydrogen (secondary N) is 1. The quantitative estimate of drug-likeness (QED) is 0.864. The predicted molar refractivity (Wildman–Crippen MR) is 99.4 cm³/mol. The van der Waals surface area contributed by atoms with Crippen molar-refractivity contribution in [2.24, 2.45) is 0 Å². The number of para-hydroxylation sites is 1. The lowest BCUT2D eigenvalue weighted by Crippen LogP contribution is -2.45. The van der Waals surface area contributed by atoms with E-state index in [1.54, 1.807) is 13.2 Å². The highest BCUT2D eigenvalue weighted by molar-refractivity contribution is 6.31. The van der Waals surface area contributed by atoms with Gasteiger partial charge in [-0.3, -0.25) is 4.90 Å². The van der Waals surface area contributed by atoms with E-state index in [1.807, 2.05) is 30.3 Å². The highest BCUT2D eigenvalue weighted by Gasteiger charge is 2.26. The van der Waals surface area contributed by atoms with Crippen LogP contribution in [0.2, 0.25) is 5.02 Å². The fraction of sp³-hybridized carbons (Fsp3) is 0.333. The number of hydrogen-bond donors (Lipinski definition) is 2. The lowest BCUT2D eigenvalue weighted by Gasteiger charge is -2.37. The molecule has 1 aliphatic rings. The van der Waals surface area contributed by atoms with Crippen LogP contribution in [-0.2, 0) is 6.54 Å². The minimum absolute atomic E-state index is 0. The van der Waals surface area contributed by atoms with Gasteiger partial charge in [0.05, 0.1) is 7.11 Å². The van der Waals surface area contributed by atoms with Crippen LogP contribution in [-0.4, -0.2) is 36.8 Å². The van der Waals surface area contributed by atoms with Gasteiger partial charge in [0.15, 0.2) is 11.5 Å². The number of ether oxygens (including phenoxy) is 1. The zero-order valence-corrected chi connectivity index (χ0v) is 15.1. The molecular weight excluding hydrogens is 347 g/mol. The van der Waals surface area contributed by atoms with Crippen LogP contribution in [0.5, 0.6) is 11.5 Å². The third-order valence-electron chi connectivity index (χ3n) is 4.27. The van der Waals surface area contributed by atoms with Crippen molar-refractivity contribution in [1.82, 2.24) is 10.2 Å². The maximum atomic E-state index is 9.97. The molecule has 6 heteroatoms. The summed E-state index contributed by atoms with van der Waals surface area (Å²) in [6, 6.07) is 13.7. The molecule has 0 radical (unpaired) electrons. The van der Waals surface area contributed by atoms with Gasteiger partial charge in [0.25, 0.3) is 0 Å². The van der Waals surface area contributed by atoms with E-state index in [4.69, 9.17) is 16.3 Å². The van der Waals surface area contributed by atoms with Crippen molar-refractivity contribution in [1.29, 1.82) is 0 Å². The van der Waals surface area contributed by atoms with Crippen LogP contribution >= 0.6 is 24.0 Å². The Hall–Kier alpha value is -1.46. The number of phenols is 1. The minimum Gasteiger partial charge on any atom is -0.504 e. The van der Waals surface area contributed by atoms with E-state index in [-0.39, 0.29) is 24.2 Å². The van der Waals surface area contributed by atoms with Crippen LogP contribution in [0, 0.1) is 0 Å². The second-order valence-electron chi connectivity index (χ2n) is 5.68. The number of phenolic OH excluding ortho intramolecular Hbond substituents is 1. The average molecular weight is 369 g/mol. The van der Waals surface area contributed by atoms with Gasteiger partial charge in [0, 0.05) is 42.8 Å². The van der Waals surface area contributed by atoms with Gasteiger partial charge in [-0.15, -0.1) is 12.4 Å². The molecule has 0 bridgehead atoms. The Balaban J connectivity index is 0.00000208. The molecule has 1 saturated heterocycles. The molecule has 2 aromatic rings. The zero-order valence-electron chi connectivity index (χ0n) is 13.5. The number of piperazine rings is 1. The minimum atomic E-state index is 0. The van der Waals surface area contributed by atoms with Crippen molar-refractivity contribution in [2.45, 2.75) is 12.6 Å². The smallest absolute Gasteiger partial charge is 0.164 e. The van der Waals surface area contributed by atoms with E-state index < -0.39 is 0 Å². The van der Waals surface area contributed by atoms with Crippen LogP contribution in [0.15, 0.2) is 42.5 Å². The van der Waals surface area contributed by atoms with Crippen molar-refractivity contribution >= 4 is 24.0 Å². The summed E-state index contributed by atoms with van der Waals surface area (Å²) in [5, 5.41) is 14.2. The van der Waals surface area contributed by atoms with E-state index >= 15 is 0 Å². The molecule has 1 atom stereocenters. The monoisotopic (exact) mass is 368 g/mol. The normalized spacial score (nSPS) is 18.0. The van der Waals surface area contributed by atoms with E-state index in [9.17, 15) is 5.11 Å². The van der Waals surface area contributed by atoms with Crippen molar-refractivity contribution in [3.05, 3.63) is 58.6 Å². The molecule has 1 heterocycles. The maximum absolute atomic E-state index is 9.97. The molecule has 2 N–H and O–H groups in total. The summed E-state index contributed by atoms with van der Waals surface area (Å²) >= 11 is 6.39. The molecule has 3 rings (SSSR count). The van der Waals surface area contributed by atoms with Gasteiger partial charge >= 0.3 is 0 Å². The van der Waals surface area contributed by atoms with Gasteiger partial charge in [-0.2, -0.15) is 0 Å². The number of nitrogens with zero attached hydrogens (tertiary/aromatic N) is 1. The first-order valence-corrected chi connectivity index (χ1v) is 8.12. The van der Waals surface area contributed by atoms with Crippen LogP contribution in [0.4, 0.5) is 0 Å². The van der Waals surface area contributed by atoms with Crippen molar-refractivity contribution in [2.75, 3.05) is 26.7 Å². The Bertz CT molecular complexity index is 682. The first-order valence-electron chi connectivity index (χ1n) is 7.74. The van der Waals surface area contributed by atoms with E-state index in [0.29, 0.717) is 12.3 Å². The van der Waals surface area contributed by atoms with Gasteiger partial charge in [-0.1, -0.05) is 41.9 Å². The maximum Gasteiger partial charge on any atom is 0.164 e. The van der Waals surface area contributed by atoms with Crippen molar-refractivity contribution in [3.63, 3.8) is 0 Å². The highest BCUT2D eigenvalue weighted by atomic mass is 35.5. The van der Waals surface area contributed by atoms with E-state index in [0.717, 1.165) is 35.8 Å². The number of halogens is 2. The second kappa shape index (κ2) is 8.58. The van der Waals surface area contributed by atoms with Crippen molar-refractivity contribution in [3.8, 4) is 11.5 Å². The summed E-state index contributed by atoms with van der Waals surface area (Å²) in [7, 11) is 1.59. The molecule has 0 spiro atoms. The predicted octanol–water partition coefficient (Wildman–Crippen LogP) is 3.62. The molecule has 1 fully saturated rings. The largest absolute Gasteiger partial charge is 0.504 e. The Morgan fingerprint density at radius 2 is 2.04 bits per heavy atom. The Morgan fingerprint density at radius 1 is 1.25 bits per heavy atom. The molecule has 4 nitrogen and oxygen atoms in total. The highest BCUT2D eigenvalue weighted by Crippen LogP contribution is 2.34. The molecule has 0 aromatic heterocycles. The van der Waals surface area contributed by atoms with Crippen molar-refractivity contribution < 1.29 is 9.84 Å². The topological polar surface area (TPSA) is 44.7 Å². The third-order valence-corrected chi connectivity index (χ3v) is 4.62. The molecule has 24 heavy (non-hydrogen) atoms. The number of rotatable bonds is 4. The Labute approximate surface area is 153 Å². The van der Waals surface area contributed by atoms with Gasteiger partial charge in [-0.25, -0.2) is 0 Å². The average Bonchev–Trinajstić information content (AvgIpc) is 2.56. The molecule has 0 saturated carbocycles. The van der Waals surface area contributed by atoms with Gasteiger partial charge in [0.1, 0.15) is 0 Å². The summed E-state index contributed by atoms with van der Waals surface area (Å²) in [5.74, 6) is 0.721. The van der Waals surface area contributed by atoms with Crippen LogP contribution < -0.4 is 10.1 Å². The van der Waals surface area contributed by atoms with Crippen LogP contribution in [0.25, 0.3) is 0 Å². The summed E-state index contributed by atoms with van der Waals surface area (Å²) in [4.78, 5) is 2.37. The van der Waals surface area contributed by atoms with E-state index in [2.05, 4.69) is 16.3 Å². The molecule has 1 aliphatic heterocycles. The molecule has 130 valence electrons. The molecule has 0 aliphatic carbocycles. The SMILES string of the molecule is COc1c(O)cccc1CN1CCNCC1c1ccccc1Cl.Cl. The fourth-order valence-corrected chi connectivity index (χ4v) is 3.40. The number of benzene rings is 2. The van der Waals surface area contributed by atoms with Gasteiger partial charge < -0.3 is 15.2 Å². The lowest BCUT2D eigenvalue weighted by molar-refractivity contribution is 0.152. The Kier molecular flexibility index (Phi) is 6.75. The fourth-order valence-electron chi connectivity index (χ4n) is 3.14. The zero-order chi connectivity index (χ0) is 16.2. The molecule has 1 unspecified atom stereocenters. The van der Waals surface area contributed by atoms with Gasteiger partial charge in [0.2, 0.25) is 0 Å². The lowest BCUT2D eigenvalue weighted by atomic mass is 10.0. The first-order chi connectivity index (χ1) is 11.2. The second-order valence-corrected chi connectivity index (χ2v) is 6.09. The third kappa shape index (κ3) is 3.95. The van der Waals surface area contributed by atoms with E-state index in [1.165, 1.54) is 0 Å².